The number of hydrogen-bond donors (Lipinski definition) is 0. The minimum atomic E-state index is -0.123. The fourth-order valence-corrected chi connectivity index (χ4v) is 1.52. The monoisotopic (exact) mass is 193 g/mol. The largest absolute Gasteiger partial charge is 0.340 e. The molecule has 0 radical (unpaired) electrons. The first-order valence-electron chi connectivity index (χ1n) is 3.68. The Bertz CT molecular complexity index is 418. The molecule has 0 unspecified atom stereocenters. The third-order valence-electron chi connectivity index (χ3n) is 1.60. The molecule has 0 N–H and O–H groups in total. The number of hydrogen-bond acceptors (Lipinski definition) is 4. The summed E-state index contributed by atoms with van der Waals surface area (Å²) in [6.07, 6.45) is 3.28. The molecule has 0 saturated carbocycles. The number of imidazole rings is 1. The molecule has 0 saturated heterocycles. The second kappa shape index (κ2) is 3.10. The van der Waals surface area contributed by atoms with Gasteiger partial charge in [0.25, 0.3) is 0 Å². The topological polar surface area (TPSA) is 47.8 Å². The molecule has 0 fully saturated rings. The van der Waals surface area contributed by atoms with Crippen molar-refractivity contribution in [2.24, 2.45) is 7.05 Å². The van der Waals surface area contributed by atoms with Crippen LogP contribution in [0.5, 0.6) is 0 Å². The molecule has 0 bridgehead atoms. The van der Waals surface area contributed by atoms with Crippen molar-refractivity contribution in [1.82, 2.24) is 14.5 Å². The van der Waals surface area contributed by atoms with Crippen molar-refractivity contribution in [3.63, 3.8) is 0 Å². The van der Waals surface area contributed by atoms with Gasteiger partial charge in [-0.15, -0.1) is 11.3 Å². The van der Waals surface area contributed by atoms with Crippen LogP contribution in [0.2, 0.25) is 0 Å². The quantitative estimate of drug-likeness (QED) is 0.671. The van der Waals surface area contributed by atoms with E-state index in [4.69, 9.17) is 0 Å². The SMILES string of the molecule is Cn1cnc(C(=O)c2cscn2)c1. The zero-order chi connectivity index (χ0) is 9.26. The standard InChI is InChI=1S/C8H7N3OS/c1-11-2-6(9-4-11)8(12)7-3-13-5-10-7/h2-5H,1H3. The summed E-state index contributed by atoms with van der Waals surface area (Å²) in [5.41, 5.74) is 2.54. The summed E-state index contributed by atoms with van der Waals surface area (Å²) in [5, 5.41) is 1.72. The van der Waals surface area contributed by atoms with Crippen LogP contribution < -0.4 is 0 Å². The maximum absolute atomic E-state index is 11.6. The molecule has 0 atom stereocenters. The van der Waals surface area contributed by atoms with Gasteiger partial charge in [0.2, 0.25) is 5.78 Å². The molecule has 0 aliphatic rings. The minimum Gasteiger partial charge on any atom is -0.340 e. The van der Waals surface area contributed by atoms with Crippen molar-refractivity contribution in [3.8, 4) is 0 Å². The average Bonchev–Trinajstić information content (AvgIpc) is 2.72. The van der Waals surface area contributed by atoms with Crippen molar-refractivity contribution in [1.29, 1.82) is 0 Å². The van der Waals surface area contributed by atoms with Crippen molar-refractivity contribution < 1.29 is 4.79 Å². The van der Waals surface area contributed by atoms with E-state index in [0.29, 0.717) is 11.4 Å². The van der Waals surface area contributed by atoms with Gasteiger partial charge in [0.1, 0.15) is 11.4 Å². The summed E-state index contributed by atoms with van der Waals surface area (Å²) in [4.78, 5) is 19.5. The molecule has 66 valence electrons. The zero-order valence-corrected chi connectivity index (χ0v) is 7.78. The lowest BCUT2D eigenvalue weighted by molar-refractivity contribution is 0.103. The lowest BCUT2D eigenvalue weighted by Gasteiger charge is -1.88. The lowest BCUT2D eigenvalue weighted by atomic mass is 10.2. The second-order valence-corrected chi connectivity index (χ2v) is 3.35. The van der Waals surface area contributed by atoms with E-state index in [1.54, 1.807) is 28.0 Å². The Morgan fingerprint density at radius 3 is 2.85 bits per heavy atom. The first-order chi connectivity index (χ1) is 6.27. The van der Waals surface area contributed by atoms with Gasteiger partial charge in [-0.3, -0.25) is 4.79 Å². The normalized spacial score (nSPS) is 10.2. The number of aromatic nitrogens is 3. The van der Waals surface area contributed by atoms with Gasteiger partial charge in [-0.2, -0.15) is 0 Å². The highest BCUT2D eigenvalue weighted by molar-refractivity contribution is 7.07. The molecule has 2 aromatic heterocycles. The predicted molar refractivity (Wildman–Crippen MR) is 48.8 cm³/mol. The van der Waals surface area contributed by atoms with Gasteiger partial charge in [0.05, 0.1) is 11.8 Å². The average molecular weight is 193 g/mol. The van der Waals surface area contributed by atoms with E-state index < -0.39 is 0 Å². The molecular formula is C8H7N3OS. The molecule has 2 rings (SSSR count). The molecule has 4 nitrogen and oxygen atoms in total. The first kappa shape index (κ1) is 8.12. The van der Waals surface area contributed by atoms with E-state index >= 15 is 0 Å². The fourth-order valence-electron chi connectivity index (χ4n) is 0.986. The summed E-state index contributed by atoms with van der Waals surface area (Å²) in [6.45, 7) is 0. The Kier molecular flexibility index (Phi) is 1.94. The van der Waals surface area contributed by atoms with E-state index in [1.807, 2.05) is 7.05 Å². The fraction of sp³-hybridized carbons (Fsp3) is 0.125. The van der Waals surface area contributed by atoms with E-state index in [-0.39, 0.29) is 5.78 Å². The van der Waals surface area contributed by atoms with Crippen LogP contribution in [0.3, 0.4) is 0 Å². The van der Waals surface area contributed by atoms with Gasteiger partial charge in [0.15, 0.2) is 0 Å². The first-order valence-corrected chi connectivity index (χ1v) is 4.62. The lowest BCUT2D eigenvalue weighted by Crippen LogP contribution is -2.01. The van der Waals surface area contributed by atoms with E-state index in [0.717, 1.165) is 0 Å². The molecule has 0 amide bonds. The molecule has 13 heavy (non-hydrogen) atoms. The number of ketones is 1. The zero-order valence-electron chi connectivity index (χ0n) is 6.97. The molecule has 2 heterocycles. The van der Waals surface area contributed by atoms with Crippen LogP contribution in [0.4, 0.5) is 0 Å². The van der Waals surface area contributed by atoms with E-state index in [1.165, 1.54) is 11.3 Å². The van der Waals surface area contributed by atoms with Crippen molar-refractivity contribution in [3.05, 3.63) is 34.8 Å². The van der Waals surface area contributed by atoms with Crippen LogP contribution in [-0.4, -0.2) is 20.3 Å². The van der Waals surface area contributed by atoms with Crippen LogP contribution >= 0.6 is 11.3 Å². The van der Waals surface area contributed by atoms with Crippen molar-refractivity contribution in [2.75, 3.05) is 0 Å². The van der Waals surface area contributed by atoms with Crippen molar-refractivity contribution in [2.45, 2.75) is 0 Å². The summed E-state index contributed by atoms with van der Waals surface area (Å²) < 4.78 is 1.74. The summed E-state index contributed by atoms with van der Waals surface area (Å²) in [7, 11) is 1.82. The van der Waals surface area contributed by atoms with Gasteiger partial charge in [-0.05, 0) is 0 Å². The Labute approximate surface area is 78.9 Å². The highest BCUT2D eigenvalue weighted by Gasteiger charge is 2.12. The van der Waals surface area contributed by atoms with Crippen LogP contribution in [0.1, 0.15) is 16.2 Å². The number of aryl methyl sites for hydroxylation is 1. The smallest absolute Gasteiger partial charge is 0.232 e. The second-order valence-electron chi connectivity index (χ2n) is 2.63. The van der Waals surface area contributed by atoms with Gasteiger partial charge in [-0.1, -0.05) is 0 Å². The van der Waals surface area contributed by atoms with Gasteiger partial charge < -0.3 is 4.57 Å². The molecular weight excluding hydrogens is 186 g/mol. The van der Waals surface area contributed by atoms with Crippen LogP contribution in [-0.2, 0) is 7.05 Å². The Balaban J connectivity index is 2.33. The van der Waals surface area contributed by atoms with Gasteiger partial charge in [0, 0.05) is 18.6 Å². The third-order valence-corrected chi connectivity index (χ3v) is 2.19. The number of carbonyl (C=O) groups excluding carboxylic acids is 1. The molecule has 0 aromatic carbocycles. The molecule has 5 heteroatoms. The number of carbonyl (C=O) groups is 1. The molecule has 0 aliphatic heterocycles. The van der Waals surface area contributed by atoms with Crippen molar-refractivity contribution >= 4 is 17.1 Å². The molecule has 2 aromatic rings. The van der Waals surface area contributed by atoms with Crippen LogP contribution in [0.15, 0.2) is 23.4 Å². The van der Waals surface area contributed by atoms with Crippen LogP contribution in [0.25, 0.3) is 0 Å². The van der Waals surface area contributed by atoms with E-state index in [2.05, 4.69) is 9.97 Å². The Morgan fingerprint density at radius 1 is 1.46 bits per heavy atom. The van der Waals surface area contributed by atoms with Gasteiger partial charge in [-0.25, -0.2) is 9.97 Å². The minimum absolute atomic E-state index is 0.123. The number of rotatable bonds is 2. The predicted octanol–water partition coefficient (Wildman–Crippen LogP) is 1.11. The maximum atomic E-state index is 11.6. The summed E-state index contributed by atoms with van der Waals surface area (Å²) >= 11 is 1.40. The molecule has 0 aliphatic carbocycles. The van der Waals surface area contributed by atoms with Crippen LogP contribution in [0, 0.1) is 0 Å². The Hall–Kier alpha value is -1.49. The maximum Gasteiger partial charge on any atom is 0.232 e. The third kappa shape index (κ3) is 1.50. The van der Waals surface area contributed by atoms with Gasteiger partial charge >= 0.3 is 0 Å². The van der Waals surface area contributed by atoms with E-state index in [9.17, 15) is 4.79 Å². The number of nitrogens with zero attached hydrogens (tertiary/aromatic N) is 3. The highest BCUT2D eigenvalue weighted by Crippen LogP contribution is 2.07. The molecule has 0 spiro atoms. The summed E-state index contributed by atoms with van der Waals surface area (Å²) in [6, 6.07) is 0. The number of thiazole rings is 1. The Morgan fingerprint density at radius 2 is 2.31 bits per heavy atom. The highest BCUT2D eigenvalue weighted by atomic mass is 32.1. The summed E-state index contributed by atoms with van der Waals surface area (Å²) in [5.74, 6) is -0.123.